The van der Waals surface area contributed by atoms with Crippen LogP contribution in [0.25, 0.3) is 22.8 Å². The number of benzene rings is 3. The number of nitrogens with one attached hydrogen (secondary N) is 1. The molecule has 5 rings (SSSR count). The maximum atomic E-state index is 15.0. The van der Waals surface area contributed by atoms with E-state index in [9.17, 15) is 22.4 Å². The molecular weight excluding hydrogens is 615 g/mol. The summed E-state index contributed by atoms with van der Waals surface area (Å²) in [5, 5.41) is 8.67. The van der Waals surface area contributed by atoms with Gasteiger partial charge in [-0.3, -0.25) is 4.57 Å². The van der Waals surface area contributed by atoms with Crippen molar-refractivity contribution >= 4 is 17.4 Å². The summed E-state index contributed by atoms with van der Waals surface area (Å²) in [5.41, 5.74) is 3.66. The van der Waals surface area contributed by atoms with E-state index in [-0.39, 0.29) is 24.0 Å². The van der Waals surface area contributed by atoms with E-state index in [0.717, 1.165) is 11.3 Å². The third-order valence-corrected chi connectivity index (χ3v) is 7.66. The molecule has 0 fully saturated rings. The fourth-order valence-electron chi connectivity index (χ4n) is 4.54. The second kappa shape index (κ2) is 13.0. The molecule has 0 radical (unpaired) electrons. The lowest BCUT2D eigenvalue weighted by molar-refractivity contribution is -0.274. The summed E-state index contributed by atoms with van der Waals surface area (Å²) in [4.78, 5) is 21.4. The van der Waals surface area contributed by atoms with Crippen molar-refractivity contribution in [2.45, 2.75) is 39.2 Å². The molecule has 3 aromatic carbocycles. The van der Waals surface area contributed by atoms with Gasteiger partial charge < -0.3 is 10.1 Å². The van der Waals surface area contributed by atoms with Gasteiger partial charge in [0.15, 0.2) is 10.6 Å². The van der Waals surface area contributed by atoms with Crippen molar-refractivity contribution in [3.8, 4) is 28.5 Å². The minimum Gasteiger partial charge on any atom is -0.406 e. The zero-order valence-corrected chi connectivity index (χ0v) is 25.0. The molecule has 0 saturated heterocycles. The van der Waals surface area contributed by atoms with Gasteiger partial charge in [-0.25, -0.2) is 23.2 Å². The average Bonchev–Trinajstić information content (AvgIpc) is 3.63. The van der Waals surface area contributed by atoms with Crippen molar-refractivity contribution in [3.63, 3.8) is 0 Å². The Bertz CT molecular complexity index is 1860. The number of amides is 2. The van der Waals surface area contributed by atoms with Crippen molar-refractivity contribution in [2.75, 3.05) is 6.54 Å². The minimum absolute atomic E-state index is 0.0249. The van der Waals surface area contributed by atoms with Crippen LogP contribution in [-0.2, 0) is 0 Å². The van der Waals surface area contributed by atoms with Crippen molar-refractivity contribution in [1.29, 1.82) is 0 Å². The quantitative estimate of drug-likeness (QED) is 0.177. The highest BCUT2D eigenvalue weighted by atomic mass is 32.1. The molecule has 5 aromatic rings. The number of urea groups is 1. The number of rotatable bonds is 8. The number of ether oxygens (including phenoxy) is 1. The maximum absolute atomic E-state index is 15.0. The highest BCUT2D eigenvalue weighted by Crippen LogP contribution is 2.26. The number of aromatic nitrogens is 4. The number of nitrogens with zero attached hydrogens (tertiary/aromatic N) is 5. The number of hydrogen-bond donors (Lipinski definition) is 1. The molecule has 0 spiro atoms. The van der Waals surface area contributed by atoms with Crippen molar-refractivity contribution in [3.05, 3.63) is 106 Å². The second-order valence-electron chi connectivity index (χ2n) is 10.3. The fraction of sp³-hybridized carbons (Fsp3) is 0.226. The minimum atomic E-state index is -4.79. The summed E-state index contributed by atoms with van der Waals surface area (Å²) >= 11 is 1.24. The normalized spacial score (nSPS) is 12.9. The summed E-state index contributed by atoms with van der Waals surface area (Å²) in [5.74, 6) is -0.367. The van der Waals surface area contributed by atoms with E-state index in [0.29, 0.717) is 33.1 Å². The van der Waals surface area contributed by atoms with Gasteiger partial charge in [-0.05, 0) is 66.4 Å². The number of hydrogen-bond acceptors (Lipinski definition) is 5. The summed E-state index contributed by atoms with van der Waals surface area (Å²) in [6.45, 7) is 5.44. The van der Waals surface area contributed by atoms with Gasteiger partial charge in [-0.2, -0.15) is 4.99 Å². The van der Waals surface area contributed by atoms with Crippen LogP contribution in [0.1, 0.15) is 42.8 Å². The SMILES string of the molecule is Cc1csc(=NC(=O)NCC(F)c2ccc(-c3ncn(-c4ccc(OC(F)(F)F)cc4)n3)cc2)n1-c1ccc(F)cc1C(C)C. The Morgan fingerprint density at radius 3 is 2.44 bits per heavy atom. The Labute approximate surface area is 258 Å². The Morgan fingerprint density at radius 2 is 1.78 bits per heavy atom. The molecule has 2 heterocycles. The molecule has 0 saturated carbocycles. The zero-order chi connectivity index (χ0) is 32.3. The lowest BCUT2D eigenvalue weighted by Crippen LogP contribution is -2.27. The third kappa shape index (κ3) is 7.63. The topological polar surface area (TPSA) is 86.3 Å². The van der Waals surface area contributed by atoms with Crippen LogP contribution in [0, 0.1) is 12.7 Å². The molecule has 45 heavy (non-hydrogen) atoms. The molecule has 8 nitrogen and oxygen atoms in total. The van der Waals surface area contributed by atoms with Gasteiger partial charge in [0.1, 0.15) is 24.1 Å². The number of alkyl halides is 4. The van der Waals surface area contributed by atoms with E-state index in [1.807, 2.05) is 26.2 Å². The molecule has 2 aromatic heterocycles. The van der Waals surface area contributed by atoms with Crippen molar-refractivity contribution in [1.82, 2.24) is 24.6 Å². The highest BCUT2D eigenvalue weighted by molar-refractivity contribution is 7.07. The van der Waals surface area contributed by atoms with E-state index in [1.54, 1.807) is 34.9 Å². The fourth-order valence-corrected chi connectivity index (χ4v) is 5.40. The van der Waals surface area contributed by atoms with Crippen LogP contribution in [-0.4, -0.2) is 38.3 Å². The second-order valence-corrected chi connectivity index (χ2v) is 11.1. The summed E-state index contributed by atoms with van der Waals surface area (Å²) in [6.07, 6.45) is -4.91. The van der Waals surface area contributed by atoms with Crippen LogP contribution in [0.3, 0.4) is 0 Å². The van der Waals surface area contributed by atoms with Crippen LogP contribution in [0.5, 0.6) is 5.75 Å². The first-order chi connectivity index (χ1) is 21.4. The van der Waals surface area contributed by atoms with Crippen LogP contribution in [0.4, 0.5) is 26.7 Å². The molecule has 234 valence electrons. The predicted molar refractivity (Wildman–Crippen MR) is 159 cm³/mol. The zero-order valence-electron chi connectivity index (χ0n) is 24.2. The van der Waals surface area contributed by atoms with Gasteiger partial charge >= 0.3 is 12.4 Å². The number of aryl methyl sites for hydroxylation is 1. The van der Waals surface area contributed by atoms with Gasteiger partial charge in [0.2, 0.25) is 0 Å². The molecule has 0 bridgehead atoms. The number of halogens is 5. The third-order valence-electron chi connectivity index (χ3n) is 6.72. The van der Waals surface area contributed by atoms with Gasteiger partial charge in [-0.15, -0.1) is 29.6 Å². The number of carbonyl (C=O) groups is 1. The molecule has 1 atom stereocenters. The Balaban J connectivity index is 1.23. The molecule has 0 aliphatic rings. The van der Waals surface area contributed by atoms with Crippen molar-refractivity contribution in [2.24, 2.45) is 4.99 Å². The van der Waals surface area contributed by atoms with E-state index in [4.69, 9.17) is 0 Å². The Kier molecular flexibility index (Phi) is 9.14. The Morgan fingerprint density at radius 1 is 1.07 bits per heavy atom. The monoisotopic (exact) mass is 642 g/mol. The first-order valence-electron chi connectivity index (χ1n) is 13.7. The summed E-state index contributed by atoms with van der Waals surface area (Å²) in [7, 11) is 0. The lowest BCUT2D eigenvalue weighted by Gasteiger charge is -2.15. The largest absolute Gasteiger partial charge is 0.573 e. The van der Waals surface area contributed by atoms with Gasteiger partial charge in [-0.1, -0.05) is 38.1 Å². The Hall–Kier alpha value is -4.85. The number of thiazole rings is 1. The molecule has 2 amide bonds. The summed E-state index contributed by atoms with van der Waals surface area (Å²) < 4.78 is 73.2. The van der Waals surface area contributed by atoms with E-state index in [2.05, 4.69) is 25.1 Å². The average molecular weight is 643 g/mol. The molecule has 1 unspecified atom stereocenters. The van der Waals surface area contributed by atoms with Crippen molar-refractivity contribution < 1.29 is 31.5 Å². The first kappa shape index (κ1) is 31.6. The highest BCUT2D eigenvalue weighted by Gasteiger charge is 2.31. The maximum Gasteiger partial charge on any atom is 0.573 e. The first-order valence-corrected chi connectivity index (χ1v) is 14.6. The summed E-state index contributed by atoms with van der Waals surface area (Å²) in [6, 6.07) is 15.2. The smallest absolute Gasteiger partial charge is 0.406 e. The standard InChI is InChI=1S/C31H27F5N6O2S/c1-18(2)25-14-22(32)8-13-27(25)42-19(3)16-45-30(42)39-29(43)37-15-26(33)20-4-6-21(7-5-20)28-38-17-41(40-28)23-9-11-24(12-10-23)44-31(34,35)36/h4-14,16-18,26H,15H2,1-3H3,(H,37,43). The van der Waals surface area contributed by atoms with Crippen LogP contribution in [0.2, 0.25) is 0 Å². The molecule has 1 N–H and O–H groups in total. The van der Waals surface area contributed by atoms with E-state index in [1.165, 1.54) is 58.7 Å². The van der Waals surface area contributed by atoms with E-state index < -0.39 is 18.6 Å². The molecule has 0 aliphatic heterocycles. The van der Waals surface area contributed by atoms with Crippen LogP contribution >= 0.6 is 11.3 Å². The van der Waals surface area contributed by atoms with Gasteiger partial charge in [0.05, 0.1) is 17.9 Å². The number of carbonyl (C=O) groups excluding carboxylic acids is 1. The molecule has 0 aliphatic carbocycles. The van der Waals surface area contributed by atoms with E-state index >= 15 is 4.39 Å². The van der Waals surface area contributed by atoms with Gasteiger partial charge in [0.25, 0.3) is 0 Å². The molecule has 14 heteroatoms. The van der Waals surface area contributed by atoms with Crippen LogP contribution in [0.15, 0.2) is 83.4 Å². The predicted octanol–water partition coefficient (Wildman–Crippen LogP) is 7.58. The van der Waals surface area contributed by atoms with Crippen LogP contribution < -0.4 is 14.9 Å². The lowest BCUT2D eigenvalue weighted by atomic mass is 10.0. The molecular formula is C31H27F5N6O2S. The van der Waals surface area contributed by atoms with Gasteiger partial charge in [0, 0.05) is 16.6 Å².